The second-order valence-electron chi connectivity index (χ2n) is 4.77. The molecular weight excluding hydrogens is 179 g/mol. The molecule has 0 fully saturated rings. The van der Waals surface area contributed by atoms with Crippen LogP contribution < -0.4 is 5.73 Å². The first-order valence-corrected chi connectivity index (χ1v) is 4.75. The second kappa shape index (κ2) is 4.05. The molecule has 78 valence electrons. The first kappa shape index (κ1) is 11.1. The Balaban J connectivity index is 2.80. The largest absolute Gasteiger partial charge is 0.324 e. The van der Waals surface area contributed by atoms with E-state index >= 15 is 0 Å². The van der Waals surface area contributed by atoms with E-state index in [4.69, 9.17) is 5.73 Å². The van der Waals surface area contributed by atoms with Crippen LogP contribution in [0.1, 0.15) is 38.8 Å². The van der Waals surface area contributed by atoms with Crippen LogP contribution in [0.2, 0.25) is 0 Å². The summed E-state index contributed by atoms with van der Waals surface area (Å²) in [6, 6.07) is 1.39. The van der Waals surface area contributed by atoms with Gasteiger partial charge in [0.05, 0.1) is 6.20 Å². The lowest BCUT2D eigenvalue weighted by molar-refractivity contribution is 0.338. The van der Waals surface area contributed by atoms with Crippen LogP contribution in [0.25, 0.3) is 0 Å². The van der Waals surface area contributed by atoms with Crippen molar-refractivity contribution in [2.75, 3.05) is 0 Å². The van der Waals surface area contributed by atoms with Crippen LogP contribution in [0, 0.1) is 11.2 Å². The Bertz CT molecular complexity index is 304. The molecule has 0 saturated carbocycles. The molecule has 0 aliphatic heterocycles. The van der Waals surface area contributed by atoms with Gasteiger partial charge in [0.15, 0.2) is 0 Å². The lowest BCUT2D eigenvalue weighted by Crippen LogP contribution is -2.19. The topological polar surface area (TPSA) is 38.9 Å². The van der Waals surface area contributed by atoms with Gasteiger partial charge < -0.3 is 5.73 Å². The van der Waals surface area contributed by atoms with Gasteiger partial charge in [0, 0.05) is 17.8 Å². The van der Waals surface area contributed by atoms with E-state index in [9.17, 15) is 4.39 Å². The van der Waals surface area contributed by atoms with Crippen LogP contribution >= 0.6 is 0 Å². The molecular formula is C11H17FN2. The van der Waals surface area contributed by atoms with Crippen LogP contribution in [0.5, 0.6) is 0 Å². The monoisotopic (exact) mass is 196 g/mol. The molecule has 1 rings (SSSR count). The van der Waals surface area contributed by atoms with Gasteiger partial charge in [0.2, 0.25) is 0 Å². The van der Waals surface area contributed by atoms with Crippen molar-refractivity contribution in [1.82, 2.24) is 4.98 Å². The summed E-state index contributed by atoms with van der Waals surface area (Å²) in [5.74, 6) is -0.316. The van der Waals surface area contributed by atoms with Crippen molar-refractivity contribution in [2.45, 2.75) is 33.2 Å². The van der Waals surface area contributed by atoms with Crippen molar-refractivity contribution in [3.05, 3.63) is 29.8 Å². The Kier molecular flexibility index (Phi) is 3.21. The number of rotatable bonds is 2. The number of nitrogens with zero attached hydrogens (tertiary/aromatic N) is 1. The molecule has 0 saturated heterocycles. The number of aromatic nitrogens is 1. The summed E-state index contributed by atoms with van der Waals surface area (Å²) in [5.41, 5.74) is 6.57. The van der Waals surface area contributed by atoms with Gasteiger partial charge in [0.25, 0.3) is 0 Å². The summed E-state index contributed by atoms with van der Waals surface area (Å²) in [7, 11) is 0. The Morgan fingerprint density at radius 2 is 2.14 bits per heavy atom. The SMILES string of the molecule is CC(C)(C)C[C@@H](N)c1ccncc1F. The van der Waals surface area contributed by atoms with E-state index in [0.29, 0.717) is 5.56 Å². The first-order chi connectivity index (χ1) is 6.40. The molecule has 3 heteroatoms. The summed E-state index contributed by atoms with van der Waals surface area (Å²) in [5, 5.41) is 0. The van der Waals surface area contributed by atoms with Crippen molar-refractivity contribution in [3.8, 4) is 0 Å². The van der Waals surface area contributed by atoms with E-state index in [0.717, 1.165) is 6.42 Å². The summed E-state index contributed by atoms with van der Waals surface area (Å²) < 4.78 is 13.3. The highest BCUT2D eigenvalue weighted by Gasteiger charge is 2.19. The van der Waals surface area contributed by atoms with Crippen molar-refractivity contribution in [2.24, 2.45) is 11.1 Å². The predicted molar refractivity (Wildman–Crippen MR) is 55.2 cm³/mol. The molecule has 1 aromatic rings. The summed E-state index contributed by atoms with van der Waals surface area (Å²) >= 11 is 0. The smallest absolute Gasteiger partial charge is 0.146 e. The number of hydrogen-bond donors (Lipinski definition) is 1. The normalized spacial score (nSPS) is 14.1. The van der Waals surface area contributed by atoms with Crippen molar-refractivity contribution < 1.29 is 4.39 Å². The van der Waals surface area contributed by atoms with Gasteiger partial charge in [-0.2, -0.15) is 0 Å². The minimum Gasteiger partial charge on any atom is -0.324 e. The molecule has 0 aliphatic rings. The molecule has 0 amide bonds. The second-order valence-corrected chi connectivity index (χ2v) is 4.77. The van der Waals surface area contributed by atoms with E-state index in [1.54, 1.807) is 12.3 Å². The van der Waals surface area contributed by atoms with Gasteiger partial charge in [-0.3, -0.25) is 4.98 Å². The van der Waals surface area contributed by atoms with Gasteiger partial charge in [-0.05, 0) is 17.9 Å². The van der Waals surface area contributed by atoms with E-state index in [1.165, 1.54) is 6.20 Å². The molecule has 1 atom stereocenters. The molecule has 1 aromatic heterocycles. The fourth-order valence-corrected chi connectivity index (χ4v) is 1.46. The maximum Gasteiger partial charge on any atom is 0.146 e. The van der Waals surface area contributed by atoms with Crippen LogP contribution in [0.3, 0.4) is 0 Å². The molecule has 0 spiro atoms. The summed E-state index contributed by atoms with van der Waals surface area (Å²) in [4.78, 5) is 3.69. The third-order valence-electron chi connectivity index (χ3n) is 2.04. The highest BCUT2D eigenvalue weighted by Crippen LogP contribution is 2.28. The molecule has 0 aliphatic carbocycles. The molecule has 0 radical (unpaired) electrons. The summed E-state index contributed by atoms with van der Waals surface area (Å²) in [6.07, 6.45) is 3.53. The standard InChI is InChI=1S/C11H17FN2/c1-11(2,3)6-10(13)8-4-5-14-7-9(8)12/h4-5,7,10H,6,13H2,1-3H3/t10-/m1/s1. The number of halogens is 1. The zero-order chi connectivity index (χ0) is 10.8. The fourth-order valence-electron chi connectivity index (χ4n) is 1.46. The van der Waals surface area contributed by atoms with Gasteiger partial charge in [0.1, 0.15) is 5.82 Å². The highest BCUT2D eigenvalue weighted by atomic mass is 19.1. The van der Waals surface area contributed by atoms with Gasteiger partial charge in [-0.25, -0.2) is 4.39 Å². The highest BCUT2D eigenvalue weighted by molar-refractivity contribution is 5.17. The zero-order valence-electron chi connectivity index (χ0n) is 8.92. The molecule has 0 bridgehead atoms. The van der Waals surface area contributed by atoms with E-state index in [-0.39, 0.29) is 17.3 Å². The lowest BCUT2D eigenvalue weighted by Gasteiger charge is -2.23. The molecule has 0 unspecified atom stereocenters. The molecule has 0 aromatic carbocycles. The third kappa shape index (κ3) is 3.07. The quantitative estimate of drug-likeness (QED) is 0.789. The molecule has 14 heavy (non-hydrogen) atoms. The van der Waals surface area contributed by atoms with Gasteiger partial charge >= 0.3 is 0 Å². The number of hydrogen-bond acceptors (Lipinski definition) is 2. The number of pyridine rings is 1. The first-order valence-electron chi connectivity index (χ1n) is 4.75. The molecule has 1 heterocycles. The van der Waals surface area contributed by atoms with Crippen molar-refractivity contribution in [3.63, 3.8) is 0 Å². The van der Waals surface area contributed by atoms with E-state index in [2.05, 4.69) is 25.8 Å². The van der Waals surface area contributed by atoms with Gasteiger partial charge in [-0.15, -0.1) is 0 Å². The Morgan fingerprint density at radius 3 is 2.64 bits per heavy atom. The summed E-state index contributed by atoms with van der Waals surface area (Å²) in [6.45, 7) is 6.27. The maximum absolute atomic E-state index is 13.3. The Hall–Kier alpha value is -0.960. The fraction of sp³-hybridized carbons (Fsp3) is 0.545. The zero-order valence-corrected chi connectivity index (χ0v) is 8.92. The average molecular weight is 196 g/mol. The maximum atomic E-state index is 13.3. The van der Waals surface area contributed by atoms with Crippen LogP contribution in [0.4, 0.5) is 4.39 Å². The minimum atomic E-state index is -0.316. The lowest BCUT2D eigenvalue weighted by atomic mass is 9.86. The van der Waals surface area contributed by atoms with Crippen molar-refractivity contribution >= 4 is 0 Å². The van der Waals surface area contributed by atoms with Gasteiger partial charge in [-0.1, -0.05) is 20.8 Å². The van der Waals surface area contributed by atoms with Crippen LogP contribution in [-0.2, 0) is 0 Å². The van der Waals surface area contributed by atoms with Crippen molar-refractivity contribution in [1.29, 1.82) is 0 Å². The van der Waals surface area contributed by atoms with Crippen LogP contribution in [0.15, 0.2) is 18.5 Å². The molecule has 2 nitrogen and oxygen atoms in total. The predicted octanol–water partition coefficient (Wildman–Crippen LogP) is 2.66. The Morgan fingerprint density at radius 1 is 1.50 bits per heavy atom. The third-order valence-corrected chi connectivity index (χ3v) is 2.04. The van der Waals surface area contributed by atoms with E-state index < -0.39 is 0 Å². The molecule has 2 N–H and O–H groups in total. The minimum absolute atomic E-state index is 0.106. The van der Waals surface area contributed by atoms with E-state index in [1.807, 2.05) is 0 Å². The average Bonchev–Trinajstić information content (AvgIpc) is 2.01. The number of nitrogens with two attached hydrogens (primary N) is 1. The Labute approximate surface area is 84.3 Å². The van der Waals surface area contributed by atoms with Crippen LogP contribution in [-0.4, -0.2) is 4.98 Å².